The zero-order chi connectivity index (χ0) is 10.1. The van der Waals surface area contributed by atoms with Crippen LogP contribution in [0.15, 0.2) is 29.3 Å². The Morgan fingerprint density at radius 1 is 1.36 bits per heavy atom. The number of anilines is 1. The molecule has 0 radical (unpaired) electrons. The first-order valence-corrected chi connectivity index (χ1v) is 4.58. The standard InChI is InChI=1S/C11H12N2O/c1-8-7-11(14)13(2)10-6-4-3-5-9(10)12-8/h3-6H,7H2,1-2H3. The van der Waals surface area contributed by atoms with Gasteiger partial charge in [-0.3, -0.25) is 9.79 Å². The Morgan fingerprint density at radius 3 is 2.86 bits per heavy atom. The first kappa shape index (κ1) is 8.94. The third-order valence-corrected chi connectivity index (χ3v) is 2.34. The Hall–Kier alpha value is -1.64. The molecule has 72 valence electrons. The number of aliphatic imine (C=N–C) groups is 1. The molecule has 0 atom stereocenters. The number of para-hydroxylation sites is 2. The van der Waals surface area contributed by atoms with Crippen LogP contribution in [0.25, 0.3) is 0 Å². The van der Waals surface area contributed by atoms with Crippen molar-refractivity contribution in [3.8, 4) is 0 Å². The van der Waals surface area contributed by atoms with Gasteiger partial charge in [-0.2, -0.15) is 0 Å². The van der Waals surface area contributed by atoms with E-state index in [1.807, 2.05) is 31.2 Å². The summed E-state index contributed by atoms with van der Waals surface area (Å²) in [6.45, 7) is 1.88. The molecule has 1 aromatic rings. The van der Waals surface area contributed by atoms with Crippen molar-refractivity contribution in [2.45, 2.75) is 13.3 Å². The molecule has 1 aliphatic rings. The smallest absolute Gasteiger partial charge is 0.232 e. The Kier molecular flexibility index (Phi) is 2.08. The highest BCUT2D eigenvalue weighted by atomic mass is 16.2. The predicted molar refractivity (Wildman–Crippen MR) is 57.2 cm³/mol. The van der Waals surface area contributed by atoms with Gasteiger partial charge in [-0.15, -0.1) is 0 Å². The van der Waals surface area contributed by atoms with Crippen LogP contribution in [0, 0.1) is 0 Å². The van der Waals surface area contributed by atoms with Crippen LogP contribution in [0.5, 0.6) is 0 Å². The summed E-state index contributed by atoms with van der Waals surface area (Å²) >= 11 is 0. The zero-order valence-corrected chi connectivity index (χ0v) is 8.32. The molecular weight excluding hydrogens is 176 g/mol. The minimum Gasteiger partial charge on any atom is -0.313 e. The van der Waals surface area contributed by atoms with Crippen molar-refractivity contribution in [1.82, 2.24) is 0 Å². The summed E-state index contributed by atoms with van der Waals surface area (Å²) in [5.41, 5.74) is 2.62. The van der Waals surface area contributed by atoms with Gasteiger partial charge in [-0.05, 0) is 19.1 Å². The van der Waals surface area contributed by atoms with E-state index in [1.54, 1.807) is 11.9 Å². The van der Waals surface area contributed by atoms with Crippen LogP contribution in [0.4, 0.5) is 11.4 Å². The molecular formula is C11H12N2O. The molecule has 0 spiro atoms. The van der Waals surface area contributed by atoms with Gasteiger partial charge in [0.15, 0.2) is 0 Å². The summed E-state index contributed by atoms with van der Waals surface area (Å²) < 4.78 is 0. The molecule has 3 nitrogen and oxygen atoms in total. The first-order valence-electron chi connectivity index (χ1n) is 4.58. The minimum absolute atomic E-state index is 0.0937. The summed E-state index contributed by atoms with van der Waals surface area (Å²) in [5.74, 6) is 0.0937. The van der Waals surface area contributed by atoms with Crippen LogP contribution in [0.3, 0.4) is 0 Å². The molecule has 0 aliphatic carbocycles. The molecule has 0 saturated carbocycles. The minimum atomic E-state index is 0.0937. The van der Waals surface area contributed by atoms with Gasteiger partial charge in [-0.1, -0.05) is 12.1 Å². The molecule has 1 amide bonds. The fraction of sp³-hybridized carbons (Fsp3) is 0.273. The third-order valence-electron chi connectivity index (χ3n) is 2.34. The highest BCUT2D eigenvalue weighted by Crippen LogP contribution is 2.30. The van der Waals surface area contributed by atoms with Gasteiger partial charge in [0.25, 0.3) is 0 Å². The van der Waals surface area contributed by atoms with E-state index in [0.29, 0.717) is 6.42 Å². The molecule has 1 heterocycles. The van der Waals surface area contributed by atoms with Crippen LogP contribution >= 0.6 is 0 Å². The summed E-state index contributed by atoms with van der Waals surface area (Å²) in [7, 11) is 1.79. The number of fused-ring (bicyclic) bond motifs is 1. The van der Waals surface area contributed by atoms with Gasteiger partial charge in [0.2, 0.25) is 5.91 Å². The first-order chi connectivity index (χ1) is 6.68. The van der Waals surface area contributed by atoms with E-state index in [9.17, 15) is 4.79 Å². The van der Waals surface area contributed by atoms with Crippen molar-refractivity contribution >= 4 is 23.0 Å². The third kappa shape index (κ3) is 1.41. The molecule has 0 bridgehead atoms. The van der Waals surface area contributed by atoms with Crippen molar-refractivity contribution in [2.24, 2.45) is 4.99 Å². The predicted octanol–water partition coefficient (Wildman–Crippen LogP) is 2.15. The molecule has 0 fully saturated rings. The molecule has 0 unspecified atom stereocenters. The van der Waals surface area contributed by atoms with Crippen LogP contribution in [0.2, 0.25) is 0 Å². The van der Waals surface area contributed by atoms with Gasteiger partial charge in [-0.25, -0.2) is 0 Å². The van der Waals surface area contributed by atoms with Crippen molar-refractivity contribution in [3.05, 3.63) is 24.3 Å². The van der Waals surface area contributed by atoms with Crippen molar-refractivity contribution in [1.29, 1.82) is 0 Å². The number of hydrogen-bond acceptors (Lipinski definition) is 2. The topological polar surface area (TPSA) is 32.7 Å². The number of amides is 1. The Morgan fingerprint density at radius 2 is 2.07 bits per heavy atom. The normalized spacial score (nSPS) is 16.0. The second-order valence-electron chi connectivity index (χ2n) is 3.47. The van der Waals surface area contributed by atoms with Crippen LogP contribution in [-0.4, -0.2) is 18.7 Å². The SMILES string of the molecule is CC1=Nc2ccccc2N(C)C(=O)C1. The van der Waals surface area contributed by atoms with Crippen molar-refractivity contribution < 1.29 is 4.79 Å². The largest absolute Gasteiger partial charge is 0.313 e. The maximum absolute atomic E-state index is 11.6. The highest BCUT2D eigenvalue weighted by Gasteiger charge is 2.18. The molecule has 1 aliphatic heterocycles. The number of rotatable bonds is 0. The average Bonchev–Trinajstić information content (AvgIpc) is 2.26. The molecule has 2 rings (SSSR count). The highest BCUT2D eigenvalue weighted by molar-refractivity contribution is 6.10. The van der Waals surface area contributed by atoms with E-state index in [2.05, 4.69) is 4.99 Å². The summed E-state index contributed by atoms with van der Waals surface area (Å²) in [6, 6.07) is 7.68. The summed E-state index contributed by atoms with van der Waals surface area (Å²) in [6.07, 6.45) is 0.408. The lowest BCUT2D eigenvalue weighted by Gasteiger charge is -2.15. The van der Waals surface area contributed by atoms with E-state index in [0.717, 1.165) is 17.1 Å². The van der Waals surface area contributed by atoms with Gasteiger partial charge >= 0.3 is 0 Å². The molecule has 0 aromatic heterocycles. The fourth-order valence-corrected chi connectivity index (χ4v) is 1.56. The molecule has 14 heavy (non-hydrogen) atoms. The molecule has 0 saturated heterocycles. The van der Waals surface area contributed by atoms with Crippen molar-refractivity contribution in [3.63, 3.8) is 0 Å². The van der Waals surface area contributed by atoms with E-state index in [4.69, 9.17) is 0 Å². The monoisotopic (exact) mass is 188 g/mol. The van der Waals surface area contributed by atoms with Gasteiger partial charge in [0, 0.05) is 12.8 Å². The van der Waals surface area contributed by atoms with Gasteiger partial charge < -0.3 is 4.90 Å². The Labute approximate surface area is 83.1 Å². The van der Waals surface area contributed by atoms with E-state index >= 15 is 0 Å². The quantitative estimate of drug-likeness (QED) is 0.614. The average molecular weight is 188 g/mol. The molecule has 3 heteroatoms. The van der Waals surface area contributed by atoms with Gasteiger partial charge in [0.1, 0.15) is 0 Å². The second-order valence-corrected chi connectivity index (χ2v) is 3.47. The van der Waals surface area contributed by atoms with Gasteiger partial charge in [0.05, 0.1) is 17.8 Å². The summed E-state index contributed by atoms with van der Waals surface area (Å²) in [5, 5.41) is 0. The van der Waals surface area contributed by atoms with E-state index in [1.165, 1.54) is 0 Å². The maximum Gasteiger partial charge on any atom is 0.232 e. The second kappa shape index (κ2) is 3.25. The zero-order valence-electron chi connectivity index (χ0n) is 8.32. The van der Waals surface area contributed by atoms with Crippen LogP contribution in [0.1, 0.15) is 13.3 Å². The number of nitrogens with zero attached hydrogens (tertiary/aromatic N) is 2. The number of benzene rings is 1. The number of carbonyl (C=O) groups excluding carboxylic acids is 1. The molecule has 1 aromatic carbocycles. The van der Waals surface area contributed by atoms with Crippen LogP contribution < -0.4 is 4.90 Å². The maximum atomic E-state index is 11.6. The lowest BCUT2D eigenvalue weighted by molar-refractivity contribution is -0.117. The summed E-state index contributed by atoms with van der Waals surface area (Å²) in [4.78, 5) is 17.7. The molecule has 0 N–H and O–H groups in total. The Balaban J connectivity index is 2.58. The Bertz CT molecular complexity index is 410. The van der Waals surface area contributed by atoms with E-state index < -0.39 is 0 Å². The fourth-order valence-electron chi connectivity index (χ4n) is 1.56. The number of hydrogen-bond donors (Lipinski definition) is 0. The van der Waals surface area contributed by atoms with Crippen LogP contribution in [-0.2, 0) is 4.79 Å². The lowest BCUT2D eigenvalue weighted by Crippen LogP contribution is -2.26. The lowest BCUT2D eigenvalue weighted by atomic mass is 10.2. The number of carbonyl (C=O) groups is 1. The van der Waals surface area contributed by atoms with Crippen molar-refractivity contribution in [2.75, 3.05) is 11.9 Å². The van der Waals surface area contributed by atoms with E-state index in [-0.39, 0.29) is 5.91 Å².